The first-order valence-electron chi connectivity index (χ1n) is 8.66. The monoisotopic (exact) mass is 371 g/mol. The van der Waals surface area contributed by atoms with Crippen LogP contribution in [0.2, 0.25) is 0 Å². The summed E-state index contributed by atoms with van der Waals surface area (Å²) in [6, 6.07) is 11.0. The topological polar surface area (TPSA) is 78.5 Å². The molecule has 2 aromatic carbocycles. The molecule has 0 aromatic heterocycles. The zero-order valence-electron chi connectivity index (χ0n) is 14.6. The van der Waals surface area contributed by atoms with Crippen LogP contribution in [-0.2, 0) is 40.9 Å². The predicted octanol–water partition coefficient (Wildman–Crippen LogP) is 1.68. The summed E-state index contributed by atoms with van der Waals surface area (Å²) in [6.07, 6.45) is 0.756. The first-order chi connectivity index (χ1) is 12.4. The van der Waals surface area contributed by atoms with Crippen LogP contribution in [0.4, 0.5) is 5.69 Å². The standard InChI is InChI=1S/C19H21N3O3S/c1-13(23)22-7-6-15-4-5-18(9-19(15)22)26(24,25)21-10-14-2-3-16-11-20-12-17(16)8-14/h2-5,8-9,20-21H,6-7,10-12H2,1H3. The summed E-state index contributed by atoms with van der Waals surface area (Å²) < 4.78 is 28.0. The van der Waals surface area contributed by atoms with Crippen molar-refractivity contribution in [2.45, 2.75) is 37.9 Å². The second-order valence-electron chi connectivity index (χ2n) is 6.74. The van der Waals surface area contributed by atoms with Gasteiger partial charge in [0.1, 0.15) is 0 Å². The molecule has 1 amide bonds. The lowest BCUT2D eigenvalue weighted by Gasteiger charge is -2.16. The third-order valence-electron chi connectivity index (χ3n) is 5.01. The van der Waals surface area contributed by atoms with E-state index >= 15 is 0 Å². The maximum Gasteiger partial charge on any atom is 0.240 e. The quantitative estimate of drug-likeness (QED) is 0.857. The highest BCUT2D eigenvalue weighted by Gasteiger charge is 2.25. The van der Waals surface area contributed by atoms with Gasteiger partial charge >= 0.3 is 0 Å². The number of sulfonamides is 1. The molecule has 136 valence electrons. The third kappa shape index (κ3) is 3.13. The Balaban J connectivity index is 1.54. The van der Waals surface area contributed by atoms with Crippen LogP contribution >= 0.6 is 0 Å². The van der Waals surface area contributed by atoms with Gasteiger partial charge in [-0.05, 0) is 40.8 Å². The number of carbonyl (C=O) groups excluding carboxylic acids is 1. The second kappa shape index (κ2) is 6.50. The van der Waals surface area contributed by atoms with Crippen LogP contribution < -0.4 is 14.9 Å². The van der Waals surface area contributed by atoms with E-state index < -0.39 is 10.0 Å². The van der Waals surface area contributed by atoms with E-state index in [1.54, 1.807) is 23.1 Å². The Morgan fingerprint density at radius 1 is 1.12 bits per heavy atom. The summed E-state index contributed by atoms with van der Waals surface area (Å²) in [6.45, 7) is 4.02. The van der Waals surface area contributed by atoms with E-state index in [0.29, 0.717) is 12.2 Å². The van der Waals surface area contributed by atoms with E-state index in [1.165, 1.54) is 18.1 Å². The lowest BCUT2D eigenvalue weighted by molar-refractivity contribution is -0.116. The molecule has 0 saturated heterocycles. The minimum Gasteiger partial charge on any atom is -0.312 e. The van der Waals surface area contributed by atoms with Crippen molar-refractivity contribution in [3.63, 3.8) is 0 Å². The highest BCUT2D eigenvalue weighted by molar-refractivity contribution is 7.89. The van der Waals surface area contributed by atoms with Gasteiger partial charge in [-0.25, -0.2) is 13.1 Å². The van der Waals surface area contributed by atoms with Crippen LogP contribution in [0.5, 0.6) is 0 Å². The van der Waals surface area contributed by atoms with Crippen molar-refractivity contribution in [3.05, 3.63) is 58.7 Å². The Hall–Kier alpha value is -2.22. The number of benzene rings is 2. The van der Waals surface area contributed by atoms with Gasteiger partial charge in [0.05, 0.1) is 4.90 Å². The highest BCUT2D eigenvalue weighted by atomic mass is 32.2. The number of hydrogen-bond donors (Lipinski definition) is 2. The van der Waals surface area contributed by atoms with Crippen LogP contribution in [0, 0.1) is 0 Å². The van der Waals surface area contributed by atoms with Crippen molar-refractivity contribution in [1.29, 1.82) is 0 Å². The molecule has 0 fully saturated rings. The number of nitrogens with zero attached hydrogens (tertiary/aromatic N) is 1. The Labute approximate surface area is 153 Å². The molecule has 2 N–H and O–H groups in total. The van der Waals surface area contributed by atoms with Crippen molar-refractivity contribution in [2.24, 2.45) is 0 Å². The summed E-state index contributed by atoms with van der Waals surface area (Å²) in [7, 11) is -3.65. The average molecular weight is 371 g/mol. The summed E-state index contributed by atoms with van der Waals surface area (Å²) in [5.41, 5.74) is 5.12. The summed E-state index contributed by atoms with van der Waals surface area (Å²) in [4.78, 5) is 13.5. The molecule has 4 rings (SSSR count). The van der Waals surface area contributed by atoms with Gasteiger partial charge in [-0.3, -0.25) is 4.79 Å². The van der Waals surface area contributed by atoms with E-state index in [-0.39, 0.29) is 17.3 Å². The Morgan fingerprint density at radius 2 is 1.88 bits per heavy atom. The summed E-state index contributed by atoms with van der Waals surface area (Å²) >= 11 is 0. The number of anilines is 1. The van der Waals surface area contributed by atoms with Gasteiger partial charge in [-0.1, -0.05) is 24.3 Å². The minimum absolute atomic E-state index is 0.0713. The summed E-state index contributed by atoms with van der Waals surface area (Å²) in [5.74, 6) is -0.0713. The average Bonchev–Trinajstić information content (AvgIpc) is 3.25. The fraction of sp³-hybridized carbons (Fsp3) is 0.316. The van der Waals surface area contributed by atoms with Crippen molar-refractivity contribution < 1.29 is 13.2 Å². The smallest absolute Gasteiger partial charge is 0.240 e. The minimum atomic E-state index is -3.65. The van der Waals surface area contributed by atoms with E-state index in [9.17, 15) is 13.2 Å². The molecule has 0 atom stereocenters. The molecule has 0 aliphatic carbocycles. The molecule has 0 bridgehead atoms. The molecule has 2 aromatic rings. The van der Waals surface area contributed by atoms with Crippen molar-refractivity contribution >= 4 is 21.6 Å². The molecule has 7 heteroatoms. The number of hydrogen-bond acceptors (Lipinski definition) is 4. The van der Waals surface area contributed by atoms with Gasteiger partial charge in [0.2, 0.25) is 15.9 Å². The highest BCUT2D eigenvalue weighted by Crippen LogP contribution is 2.30. The van der Waals surface area contributed by atoms with E-state index in [2.05, 4.69) is 10.0 Å². The van der Waals surface area contributed by atoms with Gasteiger partial charge < -0.3 is 10.2 Å². The fourth-order valence-electron chi connectivity index (χ4n) is 3.57. The lowest BCUT2D eigenvalue weighted by Crippen LogP contribution is -2.26. The summed E-state index contributed by atoms with van der Waals surface area (Å²) in [5, 5.41) is 3.28. The fourth-order valence-corrected chi connectivity index (χ4v) is 4.61. The second-order valence-corrected chi connectivity index (χ2v) is 8.51. The molecule has 2 aliphatic heterocycles. The van der Waals surface area contributed by atoms with E-state index in [0.717, 1.165) is 30.6 Å². The maximum absolute atomic E-state index is 12.7. The normalized spacial score (nSPS) is 15.8. The molecule has 6 nitrogen and oxygen atoms in total. The molecule has 26 heavy (non-hydrogen) atoms. The molecule has 0 spiro atoms. The molecule has 0 radical (unpaired) electrons. The Kier molecular flexibility index (Phi) is 4.30. The van der Waals surface area contributed by atoms with Crippen LogP contribution in [-0.4, -0.2) is 20.9 Å². The maximum atomic E-state index is 12.7. The number of rotatable bonds is 4. The zero-order chi connectivity index (χ0) is 18.3. The van der Waals surface area contributed by atoms with Gasteiger partial charge in [-0.2, -0.15) is 0 Å². The third-order valence-corrected chi connectivity index (χ3v) is 6.41. The predicted molar refractivity (Wildman–Crippen MR) is 99.2 cm³/mol. The first-order valence-corrected chi connectivity index (χ1v) is 10.1. The van der Waals surface area contributed by atoms with Gasteiger partial charge in [0.15, 0.2) is 0 Å². The number of fused-ring (bicyclic) bond motifs is 2. The largest absolute Gasteiger partial charge is 0.312 e. The van der Waals surface area contributed by atoms with E-state index in [1.807, 2.05) is 18.2 Å². The van der Waals surface area contributed by atoms with E-state index in [4.69, 9.17) is 0 Å². The van der Waals surface area contributed by atoms with Crippen LogP contribution in [0.15, 0.2) is 41.3 Å². The Morgan fingerprint density at radius 3 is 2.69 bits per heavy atom. The van der Waals surface area contributed by atoms with Crippen LogP contribution in [0.1, 0.15) is 29.2 Å². The van der Waals surface area contributed by atoms with Crippen molar-refractivity contribution in [2.75, 3.05) is 11.4 Å². The van der Waals surface area contributed by atoms with Gasteiger partial charge in [-0.15, -0.1) is 0 Å². The first kappa shape index (κ1) is 17.2. The van der Waals surface area contributed by atoms with Crippen LogP contribution in [0.3, 0.4) is 0 Å². The molecular weight excluding hydrogens is 350 g/mol. The van der Waals surface area contributed by atoms with Gasteiger partial charge in [0.25, 0.3) is 0 Å². The van der Waals surface area contributed by atoms with Crippen molar-refractivity contribution in [3.8, 4) is 0 Å². The number of amides is 1. The van der Waals surface area contributed by atoms with Gasteiger partial charge in [0, 0.05) is 38.8 Å². The molecular formula is C19H21N3O3S. The number of carbonyl (C=O) groups is 1. The number of nitrogens with one attached hydrogen (secondary N) is 2. The molecule has 2 aliphatic rings. The molecule has 0 saturated carbocycles. The Bertz CT molecular complexity index is 986. The zero-order valence-corrected chi connectivity index (χ0v) is 15.4. The van der Waals surface area contributed by atoms with Crippen molar-refractivity contribution in [1.82, 2.24) is 10.0 Å². The molecule has 2 heterocycles. The lowest BCUT2D eigenvalue weighted by atomic mass is 10.1. The molecule has 0 unspecified atom stereocenters. The van der Waals surface area contributed by atoms with Crippen LogP contribution in [0.25, 0.3) is 0 Å². The SMILES string of the molecule is CC(=O)N1CCc2ccc(S(=O)(=O)NCc3ccc4c(c3)CNC4)cc21.